The van der Waals surface area contributed by atoms with Crippen molar-refractivity contribution in [2.75, 3.05) is 11.9 Å². The molecule has 2 heterocycles. The number of thiazole rings is 1. The van der Waals surface area contributed by atoms with Gasteiger partial charge in [0, 0.05) is 29.3 Å². The van der Waals surface area contributed by atoms with E-state index in [1.165, 1.54) is 11.3 Å². The van der Waals surface area contributed by atoms with E-state index in [1.807, 2.05) is 36.1 Å². The molecule has 0 atom stereocenters. The van der Waals surface area contributed by atoms with Gasteiger partial charge in [-0.1, -0.05) is 35.5 Å². The van der Waals surface area contributed by atoms with Crippen LogP contribution in [0.2, 0.25) is 0 Å². The number of rotatable bonds is 3. The fraction of sp³-hybridized carbons (Fsp3) is 0.421. The zero-order valence-electron chi connectivity index (χ0n) is 14.2. The van der Waals surface area contributed by atoms with E-state index in [2.05, 4.69) is 10.3 Å². The van der Waals surface area contributed by atoms with Crippen LogP contribution in [0.25, 0.3) is 0 Å². The molecule has 2 aromatic rings. The second-order valence-electron chi connectivity index (χ2n) is 6.85. The molecule has 0 unspecified atom stereocenters. The number of nitrogens with one attached hydrogen (secondary N) is 1. The standard InChI is InChI=1S/C19H21N3O2S/c1-12-4-2-7-14(10-12)18(24)22-9-8-15-16(11-22)25-19(20-15)21-17(23)13-5-3-6-13/h2,4,7,10,13H,3,5-6,8-9,11H2,1H3,(H,20,21,23). The third kappa shape index (κ3) is 3.31. The van der Waals surface area contributed by atoms with Crippen molar-refractivity contribution in [3.8, 4) is 0 Å². The van der Waals surface area contributed by atoms with Gasteiger partial charge in [-0.2, -0.15) is 0 Å². The summed E-state index contributed by atoms with van der Waals surface area (Å²) in [4.78, 5) is 32.3. The maximum Gasteiger partial charge on any atom is 0.254 e. The first-order chi connectivity index (χ1) is 12.1. The fourth-order valence-corrected chi connectivity index (χ4v) is 4.29. The Kier molecular flexibility index (Phi) is 4.29. The van der Waals surface area contributed by atoms with Gasteiger partial charge >= 0.3 is 0 Å². The average molecular weight is 355 g/mol. The van der Waals surface area contributed by atoms with E-state index < -0.39 is 0 Å². The van der Waals surface area contributed by atoms with E-state index in [9.17, 15) is 9.59 Å². The van der Waals surface area contributed by atoms with Gasteiger partial charge in [0.1, 0.15) is 0 Å². The summed E-state index contributed by atoms with van der Waals surface area (Å²) in [6.45, 7) is 3.23. The predicted octanol–water partition coefficient (Wildman–Crippen LogP) is 3.39. The molecule has 0 saturated heterocycles. The van der Waals surface area contributed by atoms with Crippen LogP contribution in [0.1, 0.15) is 45.8 Å². The Labute approximate surface area is 151 Å². The minimum Gasteiger partial charge on any atom is -0.333 e. The number of aryl methyl sites for hydroxylation is 1. The monoisotopic (exact) mass is 355 g/mol. The van der Waals surface area contributed by atoms with Gasteiger partial charge in [0.2, 0.25) is 5.91 Å². The highest BCUT2D eigenvalue weighted by molar-refractivity contribution is 7.15. The van der Waals surface area contributed by atoms with Crippen molar-refractivity contribution in [2.24, 2.45) is 5.92 Å². The Bertz CT molecular complexity index is 826. The molecule has 1 aromatic heterocycles. The second-order valence-corrected chi connectivity index (χ2v) is 7.94. The third-order valence-electron chi connectivity index (χ3n) is 4.99. The summed E-state index contributed by atoms with van der Waals surface area (Å²) in [6.07, 6.45) is 3.84. The molecule has 4 rings (SSSR count). The molecule has 1 N–H and O–H groups in total. The van der Waals surface area contributed by atoms with Gasteiger partial charge in [0.05, 0.1) is 12.2 Å². The van der Waals surface area contributed by atoms with E-state index >= 15 is 0 Å². The summed E-state index contributed by atoms with van der Waals surface area (Å²) >= 11 is 1.50. The maximum absolute atomic E-state index is 12.7. The number of amides is 2. The molecule has 2 aliphatic rings. The Balaban J connectivity index is 1.45. The number of fused-ring (bicyclic) bond motifs is 1. The lowest BCUT2D eigenvalue weighted by atomic mass is 9.85. The molecule has 2 amide bonds. The van der Waals surface area contributed by atoms with Gasteiger partial charge in [-0.25, -0.2) is 4.98 Å². The largest absolute Gasteiger partial charge is 0.333 e. The summed E-state index contributed by atoms with van der Waals surface area (Å²) in [5.74, 6) is 0.299. The Morgan fingerprint density at radius 1 is 1.32 bits per heavy atom. The molecule has 0 bridgehead atoms. The molecule has 1 saturated carbocycles. The fourth-order valence-electron chi connectivity index (χ4n) is 3.26. The number of carbonyl (C=O) groups excluding carboxylic acids is 2. The number of anilines is 1. The van der Waals surface area contributed by atoms with Crippen LogP contribution in [-0.4, -0.2) is 28.2 Å². The zero-order chi connectivity index (χ0) is 17.4. The summed E-state index contributed by atoms with van der Waals surface area (Å²) < 4.78 is 0. The first-order valence-electron chi connectivity index (χ1n) is 8.75. The molecular weight excluding hydrogens is 334 g/mol. The van der Waals surface area contributed by atoms with Crippen molar-refractivity contribution in [1.82, 2.24) is 9.88 Å². The van der Waals surface area contributed by atoms with Crippen LogP contribution in [0.5, 0.6) is 0 Å². The lowest BCUT2D eigenvalue weighted by molar-refractivity contribution is -0.122. The van der Waals surface area contributed by atoms with Gasteiger partial charge in [0.25, 0.3) is 5.91 Å². The second kappa shape index (κ2) is 6.59. The molecule has 1 aromatic carbocycles. The molecule has 1 aliphatic carbocycles. The SMILES string of the molecule is Cc1cccc(C(=O)N2CCc3nc(NC(=O)C4CCC4)sc3C2)c1. The molecule has 5 nitrogen and oxygen atoms in total. The Morgan fingerprint density at radius 3 is 2.88 bits per heavy atom. The predicted molar refractivity (Wildman–Crippen MR) is 97.7 cm³/mol. The van der Waals surface area contributed by atoms with Crippen molar-refractivity contribution in [3.05, 3.63) is 46.0 Å². The summed E-state index contributed by atoms with van der Waals surface area (Å²) in [6, 6.07) is 7.70. The highest BCUT2D eigenvalue weighted by atomic mass is 32.1. The van der Waals surface area contributed by atoms with Gasteiger partial charge in [-0.05, 0) is 31.9 Å². The summed E-state index contributed by atoms with van der Waals surface area (Å²) in [7, 11) is 0. The Morgan fingerprint density at radius 2 is 2.16 bits per heavy atom. The first-order valence-corrected chi connectivity index (χ1v) is 9.57. The van der Waals surface area contributed by atoms with Crippen LogP contribution in [0.3, 0.4) is 0 Å². The molecular formula is C19H21N3O2S. The quantitative estimate of drug-likeness (QED) is 0.918. The molecule has 0 spiro atoms. The number of benzene rings is 1. The number of hydrogen-bond donors (Lipinski definition) is 1. The summed E-state index contributed by atoms with van der Waals surface area (Å²) in [5, 5.41) is 3.62. The highest BCUT2D eigenvalue weighted by Gasteiger charge is 2.28. The smallest absolute Gasteiger partial charge is 0.254 e. The lowest BCUT2D eigenvalue weighted by Gasteiger charge is -2.26. The molecule has 25 heavy (non-hydrogen) atoms. The van der Waals surface area contributed by atoms with Gasteiger partial charge < -0.3 is 10.2 Å². The lowest BCUT2D eigenvalue weighted by Crippen LogP contribution is -2.35. The van der Waals surface area contributed by atoms with Gasteiger partial charge in [-0.3, -0.25) is 9.59 Å². The van der Waals surface area contributed by atoms with Gasteiger partial charge in [0.15, 0.2) is 5.13 Å². The normalized spacial score (nSPS) is 16.9. The van der Waals surface area contributed by atoms with Crippen LogP contribution in [0.4, 0.5) is 5.13 Å². The number of nitrogens with zero attached hydrogens (tertiary/aromatic N) is 2. The van der Waals surface area contributed by atoms with Crippen molar-refractivity contribution >= 4 is 28.3 Å². The Hall–Kier alpha value is -2.21. The van der Waals surface area contributed by atoms with E-state index in [0.717, 1.165) is 47.4 Å². The topological polar surface area (TPSA) is 62.3 Å². The minimum absolute atomic E-state index is 0.0582. The van der Waals surface area contributed by atoms with Crippen molar-refractivity contribution in [2.45, 2.75) is 39.2 Å². The minimum atomic E-state index is 0.0582. The number of aromatic nitrogens is 1. The van der Waals surface area contributed by atoms with E-state index in [1.54, 1.807) is 0 Å². The molecule has 0 radical (unpaired) electrons. The van der Waals surface area contributed by atoms with Crippen LogP contribution < -0.4 is 5.32 Å². The van der Waals surface area contributed by atoms with Crippen LogP contribution in [0, 0.1) is 12.8 Å². The van der Waals surface area contributed by atoms with Gasteiger partial charge in [-0.15, -0.1) is 0 Å². The van der Waals surface area contributed by atoms with Crippen molar-refractivity contribution < 1.29 is 9.59 Å². The molecule has 130 valence electrons. The van der Waals surface area contributed by atoms with Crippen molar-refractivity contribution in [1.29, 1.82) is 0 Å². The van der Waals surface area contributed by atoms with Crippen LogP contribution in [-0.2, 0) is 17.8 Å². The third-order valence-corrected chi connectivity index (χ3v) is 5.99. The van der Waals surface area contributed by atoms with E-state index in [4.69, 9.17) is 0 Å². The van der Waals surface area contributed by atoms with E-state index in [0.29, 0.717) is 18.2 Å². The number of hydrogen-bond acceptors (Lipinski definition) is 4. The zero-order valence-corrected chi connectivity index (χ0v) is 15.1. The maximum atomic E-state index is 12.7. The van der Waals surface area contributed by atoms with Crippen LogP contribution >= 0.6 is 11.3 Å². The number of carbonyl (C=O) groups is 2. The average Bonchev–Trinajstić information content (AvgIpc) is 2.93. The molecule has 6 heteroatoms. The van der Waals surface area contributed by atoms with Crippen molar-refractivity contribution in [3.63, 3.8) is 0 Å². The van der Waals surface area contributed by atoms with Crippen LogP contribution in [0.15, 0.2) is 24.3 Å². The molecule has 1 aliphatic heterocycles. The molecule has 1 fully saturated rings. The van der Waals surface area contributed by atoms with E-state index in [-0.39, 0.29) is 17.7 Å². The highest BCUT2D eigenvalue weighted by Crippen LogP contribution is 2.31. The first kappa shape index (κ1) is 16.3. The summed E-state index contributed by atoms with van der Waals surface area (Å²) in [5.41, 5.74) is 2.83.